The van der Waals surface area contributed by atoms with E-state index in [1.165, 1.54) is 0 Å². The first kappa shape index (κ1) is 20.9. The van der Waals surface area contributed by atoms with Crippen molar-refractivity contribution in [2.24, 2.45) is 5.92 Å². The van der Waals surface area contributed by atoms with E-state index in [1.807, 2.05) is 54.6 Å². The third-order valence-corrected chi connectivity index (χ3v) is 4.98. The Kier molecular flexibility index (Phi) is 7.64. The quantitative estimate of drug-likeness (QED) is 0.641. The van der Waals surface area contributed by atoms with Crippen molar-refractivity contribution in [3.8, 4) is 5.75 Å². The molecule has 2 aromatic carbocycles. The zero-order chi connectivity index (χ0) is 20.5. The standard InChI is InChI=1S/C23H27NO5/c1-27-21-9-7-18(8-10-21)15-20(16-22(25)24-11-13-28-14-12-24)23(26)29-17-19-5-3-2-4-6-19/h2-10,20H,11-17H2,1H3. The Balaban J connectivity index is 1.66. The molecule has 0 radical (unpaired) electrons. The van der Waals surface area contributed by atoms with Gasteiger partial charge in [0.25, 0.3) is 0 Å². The maximum Gasteiger partial charge on any atom is 0.310 e. The fraction of sp³-hybridized carbons (Fsp3) is 0.391. The van der Waals surface area contributed by atoms with Gasteiger partial charge in [-0.1, -0.05) is 42.5 Å². The van der Waals surface area contributed by atoms with E-state index in [2.05, 4.69) is 0 Å². The molecule has 1 amide bonds. The molecule has 0 bridgehead atoms. The normalized spacial score (nSPS) is 14.9. The van der Waals surface area contributed by atoms with Gasteiger partial charge in [-0.15, -0.1) is 0 Å². The molecule has 0 aromatic heterocycles. The van der Waals surface area contributed by atoms with Crippen LogP contribution in [-0.2, 0) is 32.1 Å². The summed E-state index contributed by atoms with van der Waals surface area (Å²) in [6.45, 7) is 2.39. The molecular weight excluding hydrogens is 370 g/mol. The number of hydrogen-bond acceptors (Lipinski definition) is 5. The molecule has 1 atom stereocenters. The highest BCUT2D eigenvalue weighted by Gasteiger charge is 2.27. The van der Waals surface area contributed by atoms with Crippen molar-refractivity contribution in [2.75, 3.05) is 33.4 Å². The van der Waals surface area contributed by atoms with Gasteiger partial charge in [0.2, 0.25) is 5.91 Å². The molecule has 0 saturated carbocycles. The number of ether oxygens (including phenoxy) is 3. The summed E-state index contributed by atoms with van der Waals surface area (Å²) in [7, 11) is 1.61. The Bertz CT molecular complexity index is 785. The molecular formula is C23H27NO5. The SMILES string of the molecule is COc1ccc(CC(CC(=O)N2CCOCC2)C(=O)OCc2ccccc2)cc1. The van der Waals surface area contributed by atoms with Crippen molar-refractivity contribution in [1.29, 1.82) is 0 Å². The lowest BCUT2D eigenvalue weighted by molar-refractivity contribution is -0.153. The van der Waals surface area contributed by atoms with Crippen LogP contribution < -0.4 is 4.74 Å². The molecule has 1 aliphatic heterocycles. The summed E-state index contributed by atoms with van der Waals surface area (Å²) >= 11 is 0. The van der Waals surface area contributed by atoms with Crippen LogP contribution in [0.2, 0.25) is 0 Å². The lowest BCUT2D eigenvalue weighted by atomic mass is 9.95. The number of benzene rings is 2. The Morgan fingerprint density at radius 2 is 1.69 bits per heavy atom. The van der Waals surface area contributed by atoms with E-state index >= 15 is 0 Å². The second kappa shape index (κ2) is 10.6. The van der Waals surface area contributed by atoms with Gasteiger partial charge in [0, 0.05) is 19.5 Å². The Hall–Kier alpha value is -2.86. The van der Waals surface area contributed by atoms with E-state index < -0.39 is 5.92 Å². The maximum absolute atomic E-state index is 12.8. The van der Waals surface area contributed by atoms with Crippen LogP contribution in [0.5, 0.6) is 5.75 Å². The number of nitrogens with zero attached hydrogens (tertiary/aromatic N) is 1. The Morgan fingerprint density at radius 1 is 1.00 bits per heavy atom. The first-order valence-electron chi connectivity index (χ1n) is 9.84. The fourth-order valence-electron chi connectivity index (χ4n) is 3.28. The van der Waals surface area contributed by atoms with Crippen LogP contribution in [0, 0.1) is 5.92 Å². The number of carbonyl (C=O) groups is 2. The highest BCUT2D eigenvalue weighted by atomic mass is 16.5. The molecule has 0 aliphatic carbocycles. The zero-order valence-corrected chi connectivity index (χ0v) is 16.7. The molecule has 1 fully saturated rings. The number of hydrogen-bond donors (Lipinski definition) is 0. The molecule has 0 spiro atoms. The lowest BCUT2D eigenvalue weighted by Gasteiger charge is -2.28. The second-order valence-corrected chi connectivity index (χ2v) is 7.04. The van der Waals surface area contributed by atoms with Gasteiger partial charge >= 0.3 is 5.97 Å². The van der Waals surface area contributed by atoms with Gasteiger partial charge in [-0.3, -0.25) is 9.59 Å². The molecule has 6 nitrogen and oxygen atoms in total. The third-order valence-electron chi connectivity index (χ3n) is 4.98. The van der Waals surface area contributed by atoms with Gasteiger partial charge in [-0.2, -0.15) is 0 Å². The molecule has 3 rings (SSSR count). The minimum atomic E-state index is -0.539. The molecule has 1 saturated heterocycles. The van der Waals surface area contributed by atoms with E-state index in [0.717, 1.165) is 16.9 Å². The van der Waals surface area contributed by atoms with E-state index in [1.54, 1.807) is 12.0 Å². The van der Waals surface area contributed by atoms with Gasteiger partial charge in [0.05, 0.1) is 26.2 Å². The first-order chi connectivity index (χ1) is 14.2. The van der Waals surface area contributed by atoms with Crippen LogP contribution in [-0.4, -0.2) is 50.2 Å². The van der Waals surface area contributed by atoms with Crippen LogP contribution >= 0.6 is 0 Å². The van der Waals surface area contributed by atoms with Gasteiger partial charge < -0.3 is 19.1 Å². The van der Waals surface area contributed by atoms with E-state index in [4.69, 9.17) is 14.2 Å². The second-order valence-electron chi connectivity index (χ2n) is 7.04. The van der Waals surface area contributed by atoms with Gasteiger partial charge in [-0.25, -0.2) is 0 Å². The summed E-state index contributed by atoms with van der Waals surface area (Å²) in [5, 5.41) is 0. The molecule has 1 heterocycles. The van der Waals surface area contributed by atoms with Crippen molar-refractivity contribution in [2.45, 2.75) is 19.4 Å². The van der Waals surface area contributed by atoms with E-state index in [0.29, 0.717) is 32.7 Å². The van der Waals surface area contributed by atoms with Gasteiger partial charge in [0.1, 0.15) is 12.4 Å². The van der Waals surface area contributed by atoms with E-state index in [9.17, 15) is 9.59 Å². The number of rotatable bonds is 8. The average molecular weight is 397 g/mol. The summed E-state index contributed by atoms with van der Waals surface area (Å²) in [6, 6.07) is 17.1. The van der Waals surface area contributed by atoms with Crippen molar-refractivity contribution in [1.82, 2.24) is 4.90 Å². The van der Waals surface area contributed by atoms with E-state index in [-0.39, 0.29) is 24.9 Å². The molecule has 154 valence electrons. The van der Waals surface area contributed by atoms with Crippen LogP contribution in [0.4, 0.5) is 0 Å². The zero-order valence-electron chi connectivity index (χ0n) is 16.7. The number of morpholine rings is 1. The number of esters is 1. The van der Waals surface area contributed by atoms with Crippen LogP contribution in [0.15, 0.2) is 54.6 Å². The molecule has 0 N–H and O–H groups in total. The fourth-order valence-corrected chi connectivity index (χ4v) is 3.28. The number of amides is 1. The van der Waals surface area contributed by atoms with Crippen molar-refractivity contribution >= 4 is 11.9 Å². The summed E-state index contributed by atoms with van der Waals surface area (Å²) in [6.07, 6.45) is 0.563. The van der Waals surface area contributed by atoms with Crippen LogP contribution in [0.25, 0.3) is 0 Å². The number of carbonyl (C=O) groups excluding carboxylic acids is 2. The minimum Gasteiger partial charge on any atom is -0.497 e. The third kappa shape index (κ3) is 6.32. The largest absolute Gasteiger partial charge is 0.497 e. The monoisotopic (exact) mass is 397 g/mol. The molecule has 2 aromatic rings. The van der Waals surface area contributed by atoms with Crippen molar-refractivity contribution < 1.29 is 23.8 Å². The molecule has 1 unspecified atom stereocenters. The Labute approximate surface area is 171 Å². The smallest absolute Gasteiger partial charge is 0.310 e. The van der Waals surface area contributed by atoms with Gasteiger partial charge in [-0.05, 0) is 29.7 Å². The predicted molar refractivity (Wildman–Crippen MR) is 108 cm³/mol. The summed E-state index contributed by atoms with van der Waals surface area (Å²) in [4.78, 5) is 27.3. The lowest BCUT2D eigenvalue weighted by Crippen LogP contribution is -2.42. The minimum absolute atomic E-state index is 0.0385. The maximum atomic E-state index is 12.8. The summed E-state index contributed by atoms with van der Waals surface area (Å²) in [5.74, 6) is -0.182. The number of methoxy groups -OCH3 is 1. The predicted octanol–water partition coefficient (Wildman–Crippen LogP) is 2.85. The molecule has 6 heteroatoms. The highest BCUT2D eigenvalue weighted by molar-refractivity contribution is 5.83. The van der Waals surface area contributed by atoms with Gasteiger partial charge in [0.15, 0.2) is 0 Å². The topological polar surface area (TPSA) is 65.1 Å². The van der Waals surface area contributed by atoms with Crippen molar-refractivity contribution in [3.63, 3.8) is 0 Å². The average Bonchev–Trinajstić information content (AvgIpc) is 2.78. The molecule has 1 aliphatic rings. The van der Waals surface area contributed by atoms with Crippen molar-refractivity contribution in [3.05, 3.63) is 65.7 Å². The van der Waals surface area contributed by atoms with Crippen LogP contribution in [0.3, 0.4) is 0 Å². The summed E-state index contributed by atoms with van der Waals surface area (Å²) < 4.78 is 16.0. The highest BCUT2D eigenvalue weighted by Crippen LogP contribution is 2.20. The first-order valence-corrected chi connectivity index (χ1v) is 9.84. The summed E-state index contributed by atoms with van der Waals surface area (Å²) in [5.41, 5.74) is 1.88. The van der Waals surface area contributed by atoms with Crippen LogP contribution in [0.1, 0.15) is 17.5 Å². The Morgan fingerprint density at radius 3 is 2.34 bits per heavy atom. The molecule has 29 heavy (non-hydrogen) atoms.